The number of rotatable bonds is 6. The molecule has 3 heterocycles. The number of hydrogen-bond acceptors (Lipinski definition) is 5. The monoisotopic (exact) mass is 445 g/mol. The number of allylic oxidation sites excluding steroid dienone is 1. The second kappa shape index (κ2) is 8.74. The second-order valence-corrected chi connectivity index (χ2v) is 9.73. The molecule has 3 aromatic heterocycles. The van der Waals surface area contributed by atoms with Crippen LogP contribution in [0.4, 0.5) is 0 Å². The van der Waals surface area contributed by atoms with Crippen LogP contribution in [0.5, 0.6) is 0 Å². The van der Waals surface area contributed by atoms with E-state index in [-0.39, 0.29) is 11.0 Å². The zero-order valence-corrected chi connectivity index (χ0v) is 19.7. The first-order chi connectivity index (χ1) is 15.3. The average Bonchev–Trinajstić information content (AvgIpc) is 3.15. The molecule has 0 aliphatic heterocycles. The number of nitrogens with zero attached hydrogens (tertiary/aromatic N) is 5. The van der Waals surface area contributed by atoms with Crippen molar-refractivity contribution in [2.24, 2.45) is 0 Å². The maximum atomic E-state index is 12.5. The molecule has 7 heteroatoms. The van der Waals surface area contributed by atoms with Gasteiger partial charge in [-0.1, -0.05) is 68.9 Å². The molecule has 0 aliphatic rings. The Bertz CT molecular complexity index is 1330. The minimum Gasteiger partial charge on any atom is -0.298 e. The lowest BCUT2D eigenvalue weighted by Gasteiger charge is -2.19. The first-order valence-electron chi connectivity index (χ1n) is 10.5. The Balaban J connectivity index is 1.62. The Hall–Kier alpha value is -3.19. The van der Waals surface area contributed by atoms with Crippen LogP contribution in [0, 0.1) is 6.92 Å². The van der Waals surface area contributed by atoms with Gasteiger partial charge in [0, 0.05) is 30.1 Å². The Labute approximate surface area is 192 Å². The van der Waals surface area contributed by atoms with Crippen LogP contribution in [-0.4, -0.2) is 24.1 Å². The van der Waals surface area contributed by atoms with Crippen molar-refractivity contribution in [1.82, 2.24) is 24.1 Å². The second-order valence-electron chi connectivity index (χ2n) is 8.79. The van der Waals surface area contributed by atoms with E-state index in [9.17, 15) is 4.79 Å². The maximum Gasteiger partial charge on any atom is 0.258 e. The fraction of sp³-hybridized carbons (Fsp3) is 0.280. The van der Waals surface area contributed by atoms with E-state index in [1.807, 2.05) is 29.7 Å². The molecular weight excluding hydrogens is 418 g/mol. The summed E-state index contributed by atoms with van der Waals surface area (Å²) >= 11 is 1.52. The Morgan fingerprint density at radius 2 is 1.88 bits per heavy atom. The smallest absolute Gasteiger partial charge is 0.258 e. The van der Waals surface area contributed by atoms with Gasteiger partial charge in [-0.15, -0.1) is 16.8 Å². The van der Waals surface area contributed by atoms with Crippen LogP contribution in [0.3, 0.4) is 0 Å². The molecule has 4 aromatic rings. The summed E-state index contributed by atoms with van der Waals surface area (Å²) in [4.78, 5) is 17.2. The van der Waals surface area contributed by atoms with Crippen molar-refractivity contribution in [3.8, 4) is 11.4 Å². The SMILES string of the molecule is C=CCn1c(SCc2cc(=O)n3cccc(C)c3n2)nnc1-c1ccc(C(C)(C)C)cc1. The van der Waals surface area contributed by atoms with Gasteiger partial charge in [-0.2, -0.15) is 0 Å². The van der Waals surface area contributed by atoms with Crippen LogP contribution in [-0.2, 0) is 17.7 Å². The molecule has 0 amide bonds. The zero-order chi connectivity index (χ0) is 22.9. The molecule has 0 atom stereocenters. The molecule has 0 fully saturated rings. The summed E-state index contributed by atoms with van der Waals surface area (Å²) in [6.45, 7) is 13.0. The van der Waals surface area contributed by atoms with E-state index in [2.05, 4.69) is 66.8 Å². The summed E-state index contributed by atoms with van der Waals surface area (Å²) in [5.41, 5.74) is 4.67. The molecule has 164 valence electrons. The van der Waals surface area contributed by atoms with Gasteiger partial charge in [-0.3, -0.25) is 13.8 Å². The van der Waals surface area contributed by atoms with Crippen LogP contribution in [0.25, 0.3) is 17.0 Å². The fourth-order valence-corrected chi connectivity index (χ4v) is 4.38. The number of aryl methyl sites for hydroxylation is 1. The van der Waals surface area contributed by atoms with Crippen LogP contribution in [0.2, 0.25) is 0 Å². The van der Waals surface area contributed by atoms with Gasteiger partial charge in [0.15, 0.2) is 11.0 Å². The molecule has 1 aromatic carbocycles. The number of fused-ring (bicyclic) bond motifs is 1. The molecule has 0 N–H and O–H groups in total. The van der Waals surface area contributed by atoms with Gasteiger partial charge >= 0.3 is 0 Å². The normalized spacial score (nSPS) is 11.8. The third-order valence-corrected chi connectivity index (χ3v) is 6.33. The average molecular weight is 446 g/mol. The number of thioether (sulfide) groups is 1. The summed E-state index contributed by atoms with van der Waals surface area (Å²) in [6, 6.07) is 13.9. The van der Waals surface area contributed by atoms with Crippen LogP contribution < -0.4 is 5.56 Å². The van der Waals surface area contributed by atoms with E-state index in [1.165, 1.54) is 17.3 Å². The molecule has 0 saturated carbocycles. The lowest BCUT2D eigenvalue weighted by Crippen LogP contribution is -2.15. The van der Waals surface area contributed by atoms with Crippen molar-refractivity contribution >= 4 is 17.4 Å². The Morgan fingerprint density at radius 1 is 1.12 bits per heavy atom. The predicted octanol–water partition coefficient (Wildman–Crippen LogP) is 5.04. The highest BCUT2D eigenvalue weighted by Crippen LogP contribution is 2.28. The molecule has 0 spiro atoms. The standard InChI is InChI=1S/C25H27N5OS/c1-6-13-30-23(18-9-11-19(12-10-18)25(3,4)5)27-28-24(30)32-16-20-15-21(31)29-14-7-8-17(2)22(29)26-20/h6-12,14-15H,1,13,16H2,2-5H3. The van der Waals surface area contributed by atoms with Gasteiger partial charge in [-0.25, -0.2) is 4.98 Å². The summed E-state index contributed by atoms with van der Waals surface area (Å²) in [5, 5.41) is 9.64. The summed E-state index contributed by atoms with van der Waals surface area (Å²) in [5.74, 6) is 1.33. The van der Waals surface area contributed by atoms with Crippen LogP contribution in [0.15, 0.2) is 71.3 Å². The van der Waals surface area contributed by atoms with Crippen molar-refractivity contribution in [3.63, 3.8) is 0 Å². The fourth-order valence-electron chi connectivity index (χ4n) is 3.54. The van der Waals surface area contributed by atoms with E-state index in [0.717, 1.165) is 27.8 Å². The third-order valence-electron chi connectivity index (χ3n) is 5.33. The highest BCUT2D eigenvalue weighted by molar-refractivity contribution is 7.98. The first-order valence-corrected chi connectivity index (χ1v) is 11.5. The van der Waals surface area contributed by atoms with E-state index in [0.29, 0.717) is 17.9 Å². The molecule has 0 saturated heterocycles. The highest BCUT2D eigenvalue weighted by atomic mass is 32.2. The van der Waals surface area contributed by atoms with Crippen molar-refractivity contribution in [1.29, 1.82) is 0 Å². The zero-order valence-electron chi connectivity index (χ0n) is 18.9. The summed E-state index contributed by atoms with van der Waals surface area (Å²) in [6.07, 6.45) is 3.58. The van der Waals surface area contributed by atoms with Crippen molar-refractivity contribution < 1.29 is 0 Å². The predicted molar refractivity (Wildman–Crippen MR) is 130 cm³/mol. The maximum absolute atomic E-state index is 12.5. The number of pyridine rings is 1. The summed E-state index contributed by atoms with van der Waals surface area (Å²) < 4.78 is 3.62. The van der Waals surface area contributed by atoms with Gasteiger partial charge in [0.1, 0.15) is 5.65 Å². The third kappa shape index (κ3) is 4.39. The minimum absolute atomic E-state index is 0.0820. The van der Waals surface area contributed by atoms with Crippen molar-refractivity contribution in [3.05, 3.63) is 88.5 Å². The molecular formula is C25H27N5OS. The molecule has 0 unspecified atom stereocenters. The van der Waals surface area contributed by atoms with E-state index < -0.39 is 0 Å². The number of hydrogen-bond donors (Lipinski definition) is 0. The first kappa shape index (κ1) is 22.0. The quantitative estimate of drug-likeness (QED) is 0.307. The van der Waals surface area contributed by atoms with E-state index in [4.69, 9.17) is 0 Å². The number of aromatic nitrogens is 5. The number of benzene rings is 1. The van der Waals surface area contributed by atoms with Crippen LogP contribution >= 0.6 is 11.8 Å². The van der Waals surface area contributed by atoms with Gasteiger partial charge in [-0.05, 0) is 29.5 Å². The van der Waals surface area contributed by atoms with Crippen molar-refractivity contribution in [2.45, 2.75) is 50.6 Å². The van der Waals surface area contributed by atoms with E-state index >= 15 is 0 Å². The van der Waals surface area contributed by atoms with Crippen molar-refractivity contribution in [2.75, 3.05) is 0 Å². The molecule has 6 nitrogen and oxygen atoms in total. The van der Waals surface area contributed by atoms with Crippen LogP contribution in [0.1, 0.15) is 37.6 Å². The lowest BCUT2D eigenvalue weighted by atomic mass is 9.87. The van der Waals surface area contributed by atoms with Gasteiger partial charge in [0.25, 0.3) is 5.56 Å². The molecule has 0 bridgehead atoms. The van der Waals surface area contributed by atoms with Gasteiger partial charge in [0.2, 0.25) is 0 Å². The van der Waals surface area contributed by atoms with Gasteiger partial charge < -0.3 is 0 Å². The van der Waals surface area contributed by atoms with Gasteiger partial charge in [0.05, 0.1) is 5.69 Å². The Morgan fingerprint density at radius 3 is 2.56 bits per heavy atom. The Kier molecular flexibility index (Phi) is 6.02. The molecule has 0 aliphatic carbocycles. The lowest BCUT2D eigenvalue weighted by molar-refractivity contribution is 0.590. The topological polar surface area (TPSA) is 65.1 Å². The molecule has 0 radical (unpaired) electrons. The molecule has 32 heavy (non-hydrogen) atoms. The van der Waals surface area contributed by atoms with E-state index in [1.54, 1.807) is 16.7 Å². The summed E-state index contributed by atoms with van der Waals surface area (Å²) in [7, 11) is 0. The highest BCUT2D eigenvalue weighted by Gasteiger charge is 2.17. The minimum atomic E-state index is -0.0820. The largest absolute Gasteiger partial charge is 0.298 e. The molecule has 4 rings (SSSR count).